The molecule has 1 aromatic carbocycles. The molecule has 0 saturated carbocycles. The number of benzene rings is 1. The maximum absolute atomic E-state index is 8.67. The van der Waals surface area contributed by atoms with Crippen molar-refractivity contribution >= 4 is 5.84 Å². The lowest BCUT2D eigenvalue weighted by atomic mass is 10.1. The first-order valence-corrected chi connectivity index (χ1v) is 5.02. The lowest BCUT2D eigenvalue weighted by molar-refractivity contribution is 0.232. The van der Waals surface area contributed by atoms with Crippen molar-refractivity contribution in [2.75, 3.05) is 13.2 Å². The van der Waals surface area contributed by atoms with Crippen LogP contribution in [0.3, 0.4) is 0 Å². The van der Waals surface area contributed by atoms with Crippen molar-refractivity contribution in [3.8, 4) is 5.75 Å². The summed E-state index contributed by atoms with van der Waals surface area (Å²) in [6.45, 7) is 2.35. The van der Waals surface area contributed by atoms with Gasteiger partial charge in [-0.25, -0.2) is 0 Å². The number of oxime groups is 1. The molecule has 0 atom stereocenters. The molecule has 0 aliphatic carbocycles. The third-order valence-electron chi connectivity index (χ3n) is 2.14. The van der Waals surface area contributed by atoms with Crippen LogP contribution in [-0.4, -0.2) is 29.4 Å². The lowest BCUT2D eigenvalue weighted by Crippen LogP contribution is -2.16. The molecule has 4 N–H and O–H groups in total. The molecule has 0 aromatic heterocycles. The summed E-state index contributed by atoms with van der Waals surface area (Å²) in [5.74, 6) is 0.606. The van der Waals surface area contributed by atoms with Gasteiger partial charge in [0, 0.05) is 13.0 Å². The minimum absolute atomic E-state index is 0.0164. The second kappa shape index (κ2) is 5.97. The van der Waals surface area contributed by atoms with E-state index < -0.39 is 0 Å². The van der Waals surface area contributed by atoms with Crippen LogP contribution in [0, 0.1) is 6.92 Å². The molecular formula is C11H16N2O3. The van der Waals surface area contributed by atoms with E-state index >= 15 is 0 Å². The molecule has 0 aliphatic heterocycles. The maximum Gasteiger partial charge on any atom is 0.173 e. The minimum atomic E-state index is 0.0164. The van der Waals surface area contributed by atoms with E-state index in [1.165, 1.54) is 0 Å². The first-order valence-electron chi connectivity index (χ1n) is 5.02. The standard InChI is InChI=1S/C11H16N2O3/c1-8-4-2-5-9(11(12)13-15)10(8)16-7-3-6-14/h2,4-5,14-15H,3,6-7H2,1H3,(H2,12,13). The molecule has 1 rings (SSSR count). The highest BCUT2D eigenvalue weighted by atomic mass is 16.5. The molecule has 0 radical (unpaired) electrons. The maximum atomic E-state index is 8.67. The normalized spacial score (nSPS) is 11.5. The molecule has 0 amide bonds. The fraction of sp³-hybridized carbons (Fsp3) is 0.364. The van der Waals surface area contributed by atoms with Crippen LogP contribution in [0.4, 0.5) is 0 Å². The van der Waals surface area contributed by atoms with E-state index in [1.807, 2.05) is 19.1 Å². The first-order chi connectivity index (χ1) is 7.70. The van der Waals surface area contributed by atoms with Crippen LogP contribution in [0.2, 0.25) is 0 Å². The molecular weight excluding hydrogens is 208 g/mol. The highest BCUT2D eigenvalue weighted by Crippen LogP contribution is 2.23. The molecule has 0 aliphatic rings. The Morgan fingerprint density at radius 1 is 1.50 bits per heavy atom. The third kappa shape index (κ3) is 2.87. The van der Waals surface area contributed by atoms with Gasteiger partial charge in [-0.05, 0) is 18.6 Å². The predicted octanol–water partition coefficient (Wildman–Crippen LogP) is 0.851. The number of rotatable bonds is 5. The van der Waals surface area contributed by atoms with Crippen molar-refractivity contribution in [3.63, 3.8) is 0 Å². The highest BCUT2D eigenvalue weighted by Gasteiger charge is 2.10. The number of ether oxygens (including phenoxy) is 1. The summed E-state index contributed by atoms with van der Waals surface area (Å²) < 4.78 is 5.50. The van der Waals surface area contributed by atoms with Crippen molar-refractivity contribution in [2.24, 2.45) is 10.9 Å². The fourth-order valence-electron chi connectivity index (χ4n) is 1.34. The number of aliphatic hydroxyl groups is 1. The van der Waals surface area contributed by atoms with Crippen LogP contribution in [0.15, 0.2) is 23.4 Å². The zero-order valence-corrected chi connectivity index (χ0v) is 9.18. The van der Waals surface area contributed by atoms with E-state index in [4.69, 9.17) is 20.8 Å². The smallest absolute Gasteiger partial charge is 0.173 e. The first kappa shape index (κ1) is 12.3. The van der Waals surface area contributed by atoms with Crippen molar-refractivity contribution < 1.29 is 15.1 Å². The van der Waals surface area contributed by atoms with Crippen LogP contribution in [0.5, 0.6) is 5.75 Å². The summed E-state index contributed by atoms with van der Waals surface area (Å²) in [5, 5.41) is 20.3. The van der Waals surface area contributed by atoms with Gasteiger partial charge in [-0.2, -0.15) is 0 Å². The molecule has 0 saturated heterocycles. The highest BCUT2D eigenvalue weighted by molar-refractivity contribution is 5.99. The zero-order valence-electron chi connectivity index (χ0n) is 9.18. The molecule has 16 heavy (non-hydrogen) atoms. The topological polar surface area (TPSA) is 88.1 Å². The van der Waals surface area contributed by atoms with E-state index in [-0.39, 0.29) is 12.4 Å². The van der Waals surface area contributed by atoms with Crippen molar-refractivity contribution in [1.29, 1.82) is 0 Å². The Kier molecular flexibility index (Phi) is 4.60. The summed E-state index contributed by atoms with van der Waals surface area (Å²) in [7, 11) is 0. The molecule has 0 bridgehead atoms. The van der Waals surface area contributed by atoms with Gasteiger partial charge in [0.2, 0.25) is 0 Å². The number of nitrogens with zero attached hydrogens (tertiary/aromatic N) is 1. The molecule has 0 unspecified atom stereocenters. The van der Waals surface area contributed by atoms with Gasteiger partial charge in [-0.3, -0.25) is 0 Å². The molecule has 0 heterocycles. The molecule has 88 valence electrons. The Bertz CT molecular complexity index is 377. The SMILES string of the molecule is Cc1cccc(/C(N)=N/O)c1OCCCO. The van der Waals surface area contributed by atoms with E-state index in [9.17, 15) is 0 Å². The quantitative estimate of drug-likeness (QED) is 0.227. The number of nitrogens with two attached hydrogens (primary N) is 1. The number of aliphatic hydroxyl groups excluding tert-OH is 1. The Labute approximate surface area is 94.1 Å². The molecule has 5 nitrogen and oxygen atoms in total. The fourth-order valence-corrected chi connectivity index (χ4v) is 1.34. The average molecular weight is 224 g/mol. The zero-order chi connectivity index (χ0) is 12.0. The van der Waals surface area contributed by atoms with Gasteiger partial charge in [0.05, 0.1) is 12.2 Å². The molecule has 0 spiro atoms. The predicted molar refractivity (Wildman–Crippen MR) is 60.9 cm³/mol. The largest absolute Gasteiger partial charge is 0.492 e. The van der Waals surface area contributed by atoms with E-state index in [0.717, 1.165) is 5.56 Å². The Morgan fingerprint density at radius 3 is 2.88 bits per heavy atom. The van der Waals surface area contributed by atoms with Crippen molar-refractivity contribution in [2.45, 2.75) is 13.3 Å². The summed E-state index contributed by atoms with van der Waals surface area (Å²) in [6, 6.07) is 5.40. The Balaban J connectivity index is 2.95. The second-order valence-corrected chi connectivity index (χ2v) is 3.36. The Hall–Kier alpha value is -1.75. The number of hydrogen-bond acceptors (Lipinski definition) is 4. The van der Waals surface area contributed by atoms with Gasteiger partial charge in [-0.1, -0.05) is 17.3 Å². The van der Waals surface area contributed by atoms with E-state index in [0.29, 0.717) is 24.3 Å². The van der Waals surface area contributed by atoms with Gasteiger partial charge < -0.3 is 20.8 Å². The van der Waals surface area contributed by atoms with Crippen LogP contribution in [-0.2, 0) is 0 Å². The van der Waals surface area contributed by atoms with Gasteiger partial charge >= 0.3 is 0 Å². The number of amidine groups is 1. The third-order valence-corrected chi connectivity index (χ3v) is 2.14. The molecule has 1 aromatic rings. The van der Waals surface area contributed by atoms with Crippen LogP contribution >= 0.6 is 0 Å². The summed E-state index contributed by atoms with van der Waals surface area (Å²) >= 11 is 0. The summed E-state index contributed by atoms with van der Waals surface area (Å²) in [6.07, 6.45) is 0.546. The van der Waals surface area contributed by atoms with Gasteiger partial charge in [-0.15, -0.1) is 0 Å². The second-order valence-electron chi connectivity index (χ2n) is 3.36. The van der Waals surface area contributed by atoms with Gasteiger partial charge in [0.1, 0.15) is 5.75 Å². The number of aryl methyl sites for hydroxylation is 1. The van der Waals surface area contributed by atoms with Crippen molar-refractivity contribution in [3.05, 3.63) is 29.3 Å². The number of hydrogen-bond donors (Lipinski definition) is 3. The van der Waals surface area contributed by atoms with Crippen LogP contribution < -0.4 is 10.5 Å². The summed E-state index contributed by atoms with van der Waals surface area (Å²) in [5.41, 5.74) is 7.00. The van der Waals surface area contributed by atoms with Gasteiger partial charge in [0.15, 0.2) is 5.84 Å². The average Bonchev–Trinajstić information content (AvgIpc) is 2.30. The molecule has 5 heteroatoms. The minimum Gasteiger partial charge on any atom is -0.492 e. The monoisotopic (exact) mass is 224 g/mol. The Morgan fingerprint density at radius 2 is 2.25 bits per heavy atom. The van der Waals surface area contributed by atoms with Crippen LogP contribution in [0.25, 0.3) is 0 Å². The lowest BCUT2D eigenvalue weighted by Gasteiger charge is -2.12. The number of para-hydroxylation sites is 1. The van der Waals surface area contributed by atoms with Crippen LogP contribution in [0.1, 0.15) is 17.5 Å². The summed E-state index contributed by atoms with van der Waals surface area (Å²) in [4.78, 5) is 0. The van der Waals surface area contributed by atoms with E-state index in [2.05, 4.69) is 5.16 Å². The molecule has 0 fully saturated rings. The van der Waals surface area contributed by atoms with Crippen molar-refractivity contribution in [1.82, 2.24) is 0 Å². The van der Waals surface area contributed by atoms with Gasteiger partial charge in [0.25, 0.3) is 0 Å². The van der Waals surface area contributed by atoms with E-state index in [1.54, 1.807) is 6.07 Å².